The molecule has 0 spiro atoms. The van der Waals surface area contributed by atoms with Crippen molar-refractivity contribution in [3.8, 4) is 11.1 Å². The summed E-state index contributed by atoms with van der Waals surface area (Å²) >= 11 is 0. The van der Waals surface area contributed by atoms with Crippen molar-refractivity contribution in [2.75, 3.05) is 0 Å². The number of hydrogen-bond donors (Lipinski definition) is 0. The molecule has 0 aliphatic carbocycles. The highest BCUT2D eigenvalue weighted by molar-refractivity contribution is 5.64. The number of hydrogen-bond acceptors (Lipinski definition) is 0. The van der Waals surface area contributed by atoms with Gasteiger partial charge in [-0.05, 0) is 36.0 Å². The number of rotatable bonds is 4. The summed E-state index contributed by atoms with van der Waals surface area (Å²) in [6.07, 6.45) is 2.11. The first kappa shape index (κ1) is 12.8. The average Bonchev–Trinajstić information content (AvgIpc) is 2.41. The van der Waals surface area contributed by atoms with Crippen LogP contribution in [-0.4, -0.2) is 0 Å². The predicted molar refractivity (Wildman–Crippen MR) is 75.2 cm³/mol. The Labute approximate surface area is 108 Å². The van der Waals surface area contributed by atoms with Crippen molar-refractivity contribution in [3.05, 3.63) is 59.9 Å². The van der Waals surface area contributed by atoms with Crippen molar-refractivity contribution >= 4 is 0 Å². The molecule has 2 aromatic carbocycles. The normalized spacial score (nSPS) is 10.9. The van der Waals surface area contributed by atoms with E-state index >= 15 is 0 Å². The SMILES string of the molecule is CCC(CC)c1ccc(-c2ccccc2)c(F)c1. The van der Waals surface area contributed by atoms with Gasteiger partial charge < -0.3 is 0 Å². The van der Waals surface area contributed by atoms with Gasteiger partial charge in [0.25, 0.3) is 0 Å². The van der Waals surface area contributed by atoms with E-state index in [2.05, 4.69) is 19.9 Å². The summed E-state index contributed by atoms with van der Waals surface area (Å²) in [4.78, 5) is 0. The Morgan fingerprint density at radius 1 is 0.944 bits per heavy atom. The predicted octanol–water partition coefficient (Wildman–Crippen LogP) is 5.40. The lowest BCUT2D eigenvalue weighted by molar-refractivity contribution is 0.608. The molecule has 0 aliphatic heterocycles. The third-order valence-corrected chi connectivity index (χ3v) is 3.53. The molecule has 1 heteroatoms. The fourth-order valence-electron chi connectivity index (χ4n) is 2.40. The van der Waals surface area contributed by atoms with Crippen LogP contribution in [0, 0.1) is 5.82 Å². The maximum atomic E-state index is 14.2. The van der Waals surface area contributed by atoms with E-state index in [4.69, 9.17) is 0 Å². The first-order valence-corrected chi connectivity index (χ1v) is 6.61. The molecule has 0 aromatic heterocycles. The van der Waals surface area contributed by atoms with Gasteiger partial charge in [-0.1, -0.05) is 56.3 Å². The first-order valence-electron chi connectivity index (χ1n) is 6.61. The fraction of sp³-hybridized carbons (Fsp3) is 0.294. The van der Waals surface area contributed by atoms with Gasteiger partial charge in [-0.2, -0.15) is 0 Å². The van der Waals surface area contributed by atoms with Crippen LogP contribution < -0.4 is 0 Å². The van der Waals surface area contributed by atoms with Crippen LogP contribution in [0.4, 0.5) is 4.39 Å². The summed E-state index contributed by atoms with van der Waals surface area (Å²) in [5.41, 5.74) is 2.73. The maximum absolute atomic E-state index is 14.2. The van der Waals surface area contributed by atoms with E-state index < -0.39 is 0 Å². The van der Waals surface area contributed by atoms with Crippen molar-refractivity contribution in [1.29, 1.82) is 0 Å². The Morgan fingerprint density at radius 2 is 1.61 bits per heavy atom. The molecule has 0 saturated carbocycles. The smallest absolute Gasteiger partial charge is 0.131 e. The van der Waals surface area contributed by atoms with Crippen LogP contribution in [0.1, 0.15) is 38.2 Å². The van der Waals surface area contributed by atoms with Crippen LogP contribution in [0.5, 0.6) is 0 Å². The molecular formula is C17H19F. The van der Waals surface area contributed by atoms with Crippen LogP contribution in [0.3, 0.4) is 0 Å². The highest BCUT2D eigenvalue weighted by Gasteiger charge is 2.11. The molecular weight excluding hydrogens is 223 g/mol. The minimum absolute atomic E-state index is 0.120. The van der Waals surface area contributed by atoms with Crippen molar-refractivity contribution in [3.63, 3.8) is 0 Å². The zero-order valence-corrected chi connectivity index (χ0v) is 11.0. The zero-order chi connectivity index (χ0) is 13.0. The molecule has 0 radical (unpaired) electrons. The Morgan fingerprint density at radius 3 is 2.17 bits per heavy atom. The van der Waals surface area contributed by atoms with Crippen molar-refractivity contribution < 1.29 is 4.39 Å². The quantitative estimate of drug-likeness (QED) is 0.673. The summed E-state index contributed by atoms with van der Waals surface area (Å²) < 4.78 is 14.2. The van der Waals surface area contributed by atoms with Gasteiger partial charge >= 0.3 is 0 Å². The Balaban J connectivity index is 2.37. The Hall–Kier alpha value is -1.63. The second-order valence-corrected chi connectivity index (χ2v) is 4.62. The summed E-state index contributed by atoms with van der Waals surface area (Å²) in [5, 5.41) is 0. The van der Waals surface area contributed by atoms with E-state index in [0.29, 0.717) is 11.5 Å². The van der Waals surface area contributed by atoms with E-state index in [9.17, 15) is 4.39 Å². The number of benzene rings is 2. The van der Waals surface area contributed by atoms with E-state index in [1.807, 2.05) is 36.4 Å². The van der Waals surface area contributed by atoms with Crippen LogP contribution >= 0.6 is 0 Å². The monoisotopic (exact) mass is 242 g/mol. The third kappa shape index (κ3) is 2.61. The largest absolute Gasteiger partial charge is 0.206 e. The van der Waals surface area contributed by atoms with Gasteiger partial charge in [-0.15, -0.1) is 0 Å². The summed E-state index contributed by atoms with van der Waals surface area (Å²) in [6.45, 7) is 4.30. The average molecular weight is 242 g/mol. The Bertz CT molecular complexity index is 498. The lowest BCUT2D eigenvalue weighted by Gasteiger charge is -2.14. The van der Waals surface area contributed by atoms with Gasteiger partial charge in [-0.25, -0.2) is 4.39 Å². The molecule has 0 bridgehead atoms. The molecule has 0 saturated heterocycles. The summed E-state index contributed by atoms with van der Waals surface area (Å²) in [7, 11) is 0. The van der Waals surface area contributed by atoms with E-state index in [1.165, 1.54) is 0 Å². The molecule has 2 rings (SSSR count). The molecule has 0 atom stereocenters. The second-order valence-electron chi connectivity index (χ2n) is 4.62. The van der Waals surface area contributed by atoms with E-state index in [0.717, 1.165) is 24.0 Å². The second kappa shape index (κ2) is 5.81. The highest BCUT2D eigenvalue weighted by Crippen LogP contribution is 2.28. The zero-order valence-electron chi connectivity index (χ0n) is 11.0. The van der Waals surface area contributed by atoms with Crippen molar-refractivity contribution in [1.82, 2.24) is 0 Å². The van der Waals surface area contributed by atoms with Crippen LogP contribution in [0.25, 0.3) is 11.1 Å². The van der Waals surface area contributed by atoms with Gasteiger partial charge in [-0.3, -0.25) is 0 Å². The molecule has 0 nitrogen and oxygen atoms in total. The van der Waals surface area contributed by atoms with E-state index in [1.54, 1.807) is 6.07 Å². The lowest BCUT2D eigenvalue weighted by Crippen LogP contribution is -1.97. The van der Waals surface area contributed by atoms with Gasteiger partial charge in [0.2, 0.25) is 0 Å². The number of halogens is 1. The van der Waals surface area contributed by atoms with Gasteiger partial charge in [0.05, 0.1) is 0 Å². The van der Waals surface area contributed by atoms with E-state index in [-0.39, 0.29) is 5.82 Å². The van der Waals surface area contributed by atoms with Gasteiger partial charge in [0.1, 0.15) is 5.82 Å². The lowest BCUT2D eigenvalue weighted by atomic mass is 9.92. The topological polar surface area (TPSA) is 0 Å². The van der Waals surface area contributed by atoms with Crippen molar-refractivity contribution in [2.45, 2.75) is 32.6 Å². The molecule has 0 heterocycles. The van der Waals surface area contributed by atoms with Crippen LogP contribution in [-0.2, 0) is 0 Å². The molecule has 0 aliphatic rings. The first-order chi connectivity index (χ1) is 8.76. The molecule has 18 heavy (non-hydrogen) atoms. The van der Waals surface area contributed by atoms with Gasteiger partial charge in [0, 0.05) is 5.56 Å². The van der Waals surface area contributed by atoms with Crippen LogP contribution in [0.15, 0.2) is 48.5 Å². The van der Waals surface area contributed by atoms with Crippen molar-refractivity contribution in [2.24, 2.45) is 0 Å². The fourth-order valence-corrected chi connectivity index (χ4v) is 2.40. The van der Waals surface area contributed by atoms with Gasteiger partial charge in [0.15, 0.2) is 0 Å². The Kier molecular flexibility index (Phi) is 4.14. The molecule has 0 amide bonds. The maximum Gasteiger partial charge on any atom is 0.131 e. The molecule has 0 unspecified atom stereocenters. The standard InChI is InChI=1S/C17H19F/c1-3-13(4-2)15-10-11-16(17(18)12-15)14-8-6-5-7-9-14/h5-13H,3-4H2,1-2H3. The molecule has 94 valence electrons. The molecule has 2 aromatic rings. The third-order valence-electron chi connectivity index (χ3n) is 3.53. The highest BCUT2D eigenvalue weighted by atomic mass is 19.1. The van der Waals surface area contributed by atoms with Crippen LogP contribution in [0.2, 0.25) is 0 Å². The molecule has 0 fully saturated rings. The minimum Gasteiger partial charge on any atom is -0.206 e. The molecule has 0 N–H and O–H groups in total. The summed E-state index contributed by atoms with van der Waals surface area (Å²) in [5.74, 6) is 0.343. The minimum atomic E-state index is -0.120. The summed E-state index contributed by atoms with van der Waals surface area (Å²) in [6, 6.07) is 15.3.